The number of nitrogens with two attached hydrogens (primary N) is 4. The molecule has 0 saturated heterocycles. The summed E-state index contributed by atoms with van der Waals surface area (Å²) in [5, 5.41) is 0. The summed E-state index contributed by atoms with van der Waals surface area (Å²) in [6, 6.07) is 0.859. The highest BCUT2D eigenvalue weighted by atomic mass is 19.4. The smallest absolute Gasteiger partial charge is 0.419 e. The second-order valence-corrected chi connectivity index (χ2v) is 5.41. The summed E-state index contributed by atoms with van der Waals surface area (Å²) < 4.78 is 89.8. The van der Waals surface area contributed by atoms with E-state index in [9.17, 15) is 26.3 Å². The molecule has 0 aliphatic rings. The average Bonchev–Trinajstić information content (AvgIpc) is 2.53. The topological polar surface area (TPSA) is 123 Å². The Morgan fingerprint density at radius 2 is 1.00 bits per heavy atom. The highest BCUT2D eigenvalue weighted by Gasteiger charge is 2.77. The van der Waals surface area contributed by atoms with Crippen molar-refractivity contribution in [3.05, 3.63) is 36.4 Å². The molecule has 0 aromatic heterocycles. The van der Waals surface area contributed by atoms with Crippen molar-refractivity contribution >= 4 is 22.7 Å². The minimum absolute atomic E-state index is 0.139. The number of hydrogen-bond acceptors (Lipinski definition) is 6. The third kappa shape index (κ3) is 3.83. The molecule has 0 amide bonds. The highest BCUT2D eigenvalue weighted by molar-refractivity contribution is 5.61. The van der Waals surface area contributed by atoms with Crippen molar-refractivity contribution in [1.82, 2.24) is 0 Å². The van der Waals surface area contributed by atoms with E-state index in [4.69, 9.17) is 22.9 Å². The van der Waals surface area contributed by atoms with Crippen LogP contribution < -0.4 is 32.4 Å². The molecule has 6 nitrogen and oxygen atoms in total. The van der Waals surface area contributed by atoms with E-state index in [2.05, 4.69) is 9.47 Å². The largest absolute Gasteiger partial charge is 0.485 e. The van der Waals surface area contributed by atoms with Gasteiger partial charge in [-0.3, -0.25) is 0 Å². The van der Waals surface area contributed by atoms with Gasteiger partial charge in [-0.2, -0.15) is 26.3 Å². The van der Waals surface area contributed by atoms with Crippen LogP contribution in [0.2, 0.25) is 0 Å². The summed E-state index contributed by atoms with van der Waals surface area (Å²) in [4.78, 5) is 0. The van der Waals surface area contributed by atoms with Gasteiger partial charge in [0.15, 0.2) is 11.5 Å². The Hall–Kier alpha value is -3.18. The molecule has 0 aliphatic heterocycles. The summed E-state index contributed by atoms with van der Waals surface area (Å²) in [6.07, 6.45) is -6.38. The Kier molecular flexibility index (Phi) is 4.86. The van der Waals surface area contributed by atoms with E-state index < -0.39 is 41.0 Å². The number of benzene rings is 2. The molecular formula is C15H14F6N4O2. The maximum Gasteiger partial charge on any atom is 0.485 e. The molecule has 0 bridgehead atoms. The van der Waals surface area contributed by atoms with Gasteiger partial charge >= 0.3 is 18.1 Å². The van der Waals surface area contributed by atoms with E-state index in [0.29, 0.717) is 0 Å². The zero-order valence-electron chi connectivity index (χ0n) is 13.4. The summed E-state index contributed by atoms with van der Waals surface area (Å²) in [5.74, 6) is -7.93. The second kappa shape index (κ2) is 6.52. The molecule has 0 heterocycles. The third-order valence-corrected chi connectivity index (χ3v) is 3.29. The van der Waals surface area contributed by atoms with Gasteiger partial charge in [0.05, 0.1) is 11.4 Å². The van der Waals surface area contributed by atoms with E-state index in [0.717, 1.165) is 24.3 Å². The second-order valence-electron chi connectivity index (χ2n) is 5.41. The zero-order chi connectivity index (χ0) is 20.6. The highest BCUT2D eigenvalue weighted by Crippen LogP contribution is 2.48. The van der Waals surface area contributed by atoms with Crippen LogP contribution in [0.5, 0.6) is 11.5 Å². The van der Waals surface area contributed by atoms with Crippen LogP contribution in [-0.4, -0.2) is 18.1 Å². The Morgan fingerprint density at radius 3 is 1.33 bits per heavy atom. The SMILES string of the molecule is Nc1ccc(N)c(OC(F)(Oc2cc(N)ccc2N)C(F)(F)C(F)(F)F)c1. The van der Waals surface area contributed by atoms with Gasteiger partial charge in [-0.15, -0.1) is 0 Å². The van der Waals surface area contributed by atoms with Crippen molar-refractivity contribution in [2.45, 2.75) is 18.1 Å². The van der Waals surface area contributed by atoms with Crippen LogP contribution in [0.1, 0.15) is 0 Å². The molecule has 0 aliphatic carbocycles. The van der Waals surface area contributed by atoms with Crippen LogP contribution in [-0.2, 0) is 0 Å². The first-order valence-corrected chi connectivity index (χ1v) is 7.08. The summed E-state index contributed by atoms with van der Waals surface area (Å²) in [6.45, 7) is 0. The summed E-state index contributed by atoms with van der Waals surface area (Å²) in [5.41, 5.74) is 20.4. The van der Waals surface area contributed by atoms with Crippen molar-refractivity contribution in [2.75, 3.05) is 22.9 Å². The fourth-order valence-electron chi connectivity index (χ4n) is 1.88. The number of rotatable bonds is 5. The first kappa shape index (κ1) is 20.1. The molecule has 0 unspecified atom stereocenters. The van der Waals surface area contributed by atoms with E-state index in [1.54, 1.807) is 0 Å². The lowest BCUT2D eigenvalue weighted by Crippen LogP contribution is -2.61. The van der Waals surface area contributed by atoms with Gasteiger partial charge in [-0.05, 0) is 24.3 Å². The van der Waals surface area contributed by atoms with Crippen LogP contribution in [0, 0.1) is 0 Å². The Labute approximate surface area is 148 Å². The molecule has 2 aromatic carbocycles. The van der Waals surface area contributed by atoms with Crippen LogP contribution in [0.15, 0.2) is 36.4 Å². The quantitative estimate of drug-likeness (QED) is 0.349. The number of nitrogen functional groups attached to an aromatic ring is 4. The van der Waals surface area contributed by atoms with Crippen molar-refractivity contribution < 1.29 is 35.8 Å². The molecule has 0 fully saturated rings. The van der Waals surface area contributed by atoms with E-state index in [1.807, 2.05) is 0 Å². The first-order chi connectivity index (χ1) is 12.3. The molecule has 0 atom stereocenters. The van der Waals surface area contributed by atoms with Crippen LogP contribution in [0.4, 0.5) is 49.1 Å². The molecule has 27 heavy (non-hydrogen) atoms. The van der Waals surface area contributed by atoms with Gasteiger partial charge in [-0.25, -0.2) is 0 Å². The average molecular weight is 396 g/mol. The number of alkyl halides is 6. The lowest BCUT2D eigenvalue weighted by Gasteiger charge is -2.34. The number of ether oxygens (including phenoxy) is 2. The van der Waals surface area contributed by atoms with E-state index >= 15 is 0 Å². The summed E-state index contributed by atoms with van der Waals surface area (Å²) >= 11 is 0. The van der Waals surface area contributed by atoms with Crippen molar-refractivity contribution in [2.24, 2.45) is 0 Å². The van der Waals surface area contributed by atoms with Gasteiger partial charge < -0.3 is 32.4 Å². The lowest BCUT2D eigenvalue weighted by atomic mass is 10.2. The van der Waals surface area contributed by atoms with Gasteiger partial charge in [0, 0.05) is 23.5 Å². The van der Waals surface area contributed by atoms with Crippen molar-refractivity contribution in [3.8, 4) is 11.5 Å². The predicted octanol–water partition coefficient (Wildman–Crippen LogP) is 3.29. The standard InChI is InChI=1S/C15H14F6N4O2/c16-13(17,14(18,19)20)15(21,26-11-5-7(22)1-3-9(11)24)27-12-6-8(23)2-4-10(12)25/h1-6H,22-25H2. The number of anilines is 4. The predicted molar refractivity (Wildman–Crippen MR) is 86.6 cm³/mol. The fraction of sp³-hybridized carbons (Fsp3) is 0.200. The van der Waals surface area contributed by atoms with Crippen LogP contribution in [0.25, 0.3) is 0 Å². The molecule has 12 heteroatoms. The fourth-order valence-corrected chi connectivity index (χ4v) is 1.88. The maximum absolute atomic E-state index is 15.0. The van der Waals surface area contributed by atoms with Gasteiger partial charge in [0.2, 0.25) is 0 Å². The van der Waals surface area contributed by atoms with Crippen molar-refractivity contribution in [3.63, 3.8) is 0 Å². The third-order valence-electron chi connectivity index (χ3n) is 3.29. The molecule has 8 N–H and O–H groups in total. The molecule has 2 rings (SSSR count). The molecule has 0 saturated carbocycles. The van der Waals surface area contributed by atoms with Crippen molar-refractivity contribution in [1.29, 1.82) is 0 Å². The Balaban J connectivity index is 2.58. The Morgan fingerprint density at radius 1 is 0.630 bits per heavy atom. The van der Waals surface area contributed by atoms with Crippen LogP contribution in [0.3, 0.4) is 0 Å². The minimum atomic E-state index is -6.38. The molecule has 0 spiro atoms. The minimum Gasteiger partial charge on any atom is -0.419 e. The monoisotopic (exact) mass is 396 g/mol. The molecule has 2 aromatic rings. The Bertz CT molecular complexity index is 790. The normalized spacial score (nSPS) is 12.7. The van der Waals surface area contributed by atoms with Gasteiger partial charge in [0.25, 0.3) is 0 Å². The van der Waals surface area contributed by atoms with E-state index in [-0.39, 0.29) is 11.4 Å². The zero-order valence-corrected chi connectivity index (χ0v) is 13.4. The molecule has 0 radical (unpaired) electrons. The first-order valence-electron chi connectivity index (χ1n) is 7.08. The number of hydrogen-bond donors (Lipinski definition) is 4. The lowest BCUT2D eigenvalue weighted by molar-refractivity contribution is -0.416. The van der Waals surface area contributed by atoms with Crippen LogP contribution >= 0.6 is 0 Å². The molecular weight excluding hydrogens is 382 g/mol. The molecule has 148 valence electrons. The maximum atomic E-state index is 15.0. The van der Waals surface area contributed by atoms with E-state index in [1.165, 1.54) is 12.1 Å². The van der Waals surface area contributed by atoms with Gasteiger partial charge in [-0.1, -0.05) is 0 Å². The number of halogens is 6. The summed E-state index contributed by atoms with van der Waals surface area (Å²) in [7, 11) is 0. The van der Waals surface area contributed by atoms with Gasteiger partial charge in [0.1, 0.15) is 0 Å².